The summed E-state index contributed by atoms with van der Waals surface area (Å²) in [7, 11) is 0. The summed E-state index contributed by atoms with van der Waals surface area (Å²) in [6, 6.07) is 0. The van der Waals surface area contributed by atoms with Gasteiger partial charge < -0.3 is 110 Å². The Bertz CT molecular complexity index is 1180. The van der Waals surface area contributed by atoms with Crippen molar-refractivity contribution >= 4 is 5.97 Å². The molecule has 4 fully saturated rings. The van der Waals surface area contributed by atoms with E-state index in [9.17, 15) is 76.3 Å². The van der Waals surface area contributed by atoms with Crippen LogP contribution >= 0.6 is 0 Å². The Labute approximate surface area is 340 Å². The number of hydrogen-bond acceptors (Lipinski definition) is 23. The molecule has 0 aromatic carbocycles. The number of rotatable bonds is 20. The number of hydrogen-bond donors (Lipinski definition) is 15. The summed E-state index contributed by atoms with van der Waals surface area (Å²) in [4.78, 5) is 12.3. The number of carbonyl (C=O) groups is 1. The van der Waals surface area contributed by atoms with Gasteiger partial charge in [0.2, 0.25) is 5.79 Å². The van der Waals surface area contributed by atoms with Crippen LogP contribution in [0.1, 0.15) is 71.1 Å². The van der Waals surface area contributed by atoms with Crippen LogP contribution in [0.3, 0.4) is 0 Å². The molecule has 4 aliphatic heterocycles. The fraction of sp³-hybridized carbons (Fsp3) is 0.972. The fourth-order valence-corrected chi connectivity index (χ4v) is 7.02. The van der Waals surface area contributed by atoms with Gasteiger partial charge in [-0.3, -0.25) is 4.79 Å². The maximum atomic E-state index is 12.3. The van der Waals surface area contributed by atoms with E-state index in [1.54, 1.807) is 0 Å². The highest BCUT2D eigenvalue weighted by atomic mass is 16.8. The van der Waals surface area contributed by atoms with Gasteiger partial charge in [-0.1, -0.05) is 58.3 Å². The molecule has 19 atom stereocenters. The van der Waals surface area contributed by atoms with Crippen LogP contribution in [0.4, 0.5) is 0 Å². The molecular weight excluding hydrogens is 800 g/mol. The van der Waals surface area contributed by atoms with Crippen molar-refractivity contribution in [2.75, 3.05) is 33.0 Å². The van der Waals surface area contributed by atoms with Crippen LogP contribution in [0, 0.1) is 0 Å². The minimum Gasteiger partial charge on any atom is -0.460 e. The maximum Gasteiger partial charge on any atom is 0.305 e. The first kappa shape index (κ1) is 52.0. The molecule has 23 heteroatoms. The van der Waals surface area contributed by atoms with Gasteiger partial charge in [0.15, 0.2) is 18.9 Å². The van der Waals surface area contributed by atoms with Gasteiger partial charge >= 0.3 is 5.97 Å². The Morgan fingerprint density at radius 2 is 1.02 bits per heavy atom. The van der Waals surface area contributed by atoms with E-state index in [4.69, 9.17) is 38.3 Å². The Balaban J connectivity index is 0.000000347. The minimum atomic E-state index is -2.24. The maximum absolute atomic E-state index is 12.3. The van der Waals surface area contributed by atoms with Crippen LogP contribution in [-0.4, -0.2) is 232 Å². The van der Waals surface area contributed by atoms with E-state index in [1.165, 1.54) is 32.1 Å². The second-order valence-corrected chi connectivity index (χ2v) is 15.2. The summed E-state index contributed by atoms with van der Waals surface area (Å²) >= 11 is 0. The number of carbonyl (C=O) groups excluding carboxylic acids is 1. The van der Waals surface area contributed by atoms with Crippen molar-refractivity contribution in [3.05, 3.63) is 0 Å². The fourth-order valence-electron chi connectivity index (χ4n) is 7.02. The van der Waals surface area contributed by atoms with Gasteiger partial charge in [-0.15, -0.1) is 0 Å². The van der Waals surface area contributed by atoms with Gasteiger partial charge in [-0.2, -0.15) is 0 Å². The third-order valence-corrected chi connectivity index (χ3v) is 10.7. The zero-order valence-electron chi connectivity index (χ0n) is 33.0. The standard InChI is InChI=1S/C24H44O12.C12H22O11/c1-2-3-4-5-6-7-8-9-10-11-17(27)33-14-24(22(32)19(29)16(13-26)35-24)36-23-21(31)20(30)18(28)15(12-25)34-23;13-1-3-5(15)6(16)9(19)12(22-3)23-10-4(2-14)21-11(20)8(18)7(10)17/h15-16,18-23,25-26,28-32H,2-14H2,1H3;3-20H,1-2H2/t15-,16-,18-,19-,20+,21-,22+,23-,24+;3-,4-,5+,6+,7-,8-,9-,10-,11+,12+/m11/s1. The molecule has 0 amide bonds. The van der Waals surface area contributed by atoms with Crippen molar-refractivity contribution in [2.24, 2.45) is 0 Å². The Hall–Kier alpha value is -1.37. The van der Waals surface area contributed by atoms with E-state index in [0.717, 1.165) is 19.3 Å². The summed E-state index contributed by atoms with van der Waals surface area (Å²) < 4.78 is 36.9. The average molecular weight is 867 g/mol. The number of ether oxygens (including phenoxy) is 7. The summed E-state index contributed by atoms with van der Waals surface area (Å²) in [6.45, 7) is -1.27. The molecule has 15 N–H and O–H groups in total. The first-order chi connectivity index (χ1) is 28.0. The lowest BCUT2D eigenvalue weighted by atomic mass is 9.97. The highest BCUT2D eigenvalue weighted by Crippen LogP contribution is 2.37. The molecular formula is C36H66O23. The lowest BCUT2D eigenvalue weighted by Gasteiger charge is -2.45. The molecule has 23 nitrogen and oxygen atoms in total. The number of esters is 1. The zero-order valence-corrected chi connectivity index (χ0v) is 33.0. The predicted octanol–water partition coefficient (Wildman–Crippen LogP) is -6.32. The molecule has 0 spiro atoms. The van der Waals surface area contributed by atoms with Crippen LogP contribution < -0.4 is 0 Å². The Morgan fingerprint density at radius 3 is 1.53 bits per heavy atom. The molecule has 0 aliphatic carbocycles. The molecule has 0 radical (unpaired) electrons. The first-order valence-corrected chi connectivity index (χ1v) is 20.1. The molecule has 0 aromatic rings. The number of unbranched alkanes of at least 4 members (excludes halogenated alkanes) is 8. The first-order valence-electron chi connectivity index (χ1n) is 20.1. The van der Waals surface area contributed by atoms with E-state index in [1.807, 2.05) is 0 Å². The monoisotopic (exact) mass is 866 g/mol. The van der Waals surface area contributed by atoms with Gasteiger partial charge in [0.25, 0.3) is 0 Å². The van der Waals surface area contributed by atoms with Gasteiger partial charge in [-0.25, -0.2) is 0 Å². The highest BCUT2D eigenvalue weighted by molar-refractivity contribution is 5.69. The van der Waals surface area contributed by atoms with Crippen molar-refractivity contribution < 1.29 is 115 Å². The zero-order chi connectivity index (χ0) is 44.0. The lowest BCUT2D eigenvalue weighted by molar-refractivity contribution is -0.383. The van der Waals surface area contributed by atoms with Crippen LogP contribution in [0.2, 0.25) is 0 Å². The van der Waals surface area contributed by atoms with Gasteiger partial charge in [0.05, 0.1) is 26.4 Å². The molecule has 348 valence electrons. The predicted molar refractivity (Wildman–Crippen MR) is 193 cm³/mol. The van der Waals surface area contributed by atoms with E-state index < -0.39 is 155 Å². The van der Waals surface area contributed by atoms with Crippen LogP contribution in [-0.2, 0) is 38.0 Å². The molecule has 0 bridgehead atoms. The molecule has 4 rings (SSSR count). The van der Waals surface area contributed by atoms with E-state index >= 15 is 0 Å². The topological polar surface area (TPSA) is 385 Å². The minimum absolute atomic E-state index is 0.119. The Kier molecular flexibility index (Phi) is 22.1. The van der Waals surface area contributed by atoms with Gasteiger partial charge in [0.1, 0.15) is 98.2 Å². The lowest BCUT2D eigenvalue weighted by Crippen LogP contribution is -2.64. The van der Waals surface area contributed by atoms with Crippen LogP contribution in [0.5, 0.6) is 0 Å². The summed E-state index contributed by atoms with van der Waals surface area (Å²) in [6.07, 6.45) is -18.7. The molecule has 0 unspecified atom stereocenters. The largest absolute Gasteiger partial charge is 0.460 e. The molecule has 4 saturated heterocycles. The molecule has 59 heavy (non-hydrogen) atoms. The highest BCUT2D eigenvalue weighted by Gasteiger charge is 2.59. The van der Waals surface area contributed by atoms with E-state index in [-0.39, 0.29) is 6.42 Å². The summed E-state index contributed by atoms with van der Waals surface area (Å²) in [5.74, 6) is -2.83. The third-order valence-electron chi connectivity index (χ3n) is 10.7. The second-order valence-electron chi connectivity index (χ2n) is 15.2. The van der Waals surface area contributed by atoms with Crippen LogP contribution in [0.15, 0.2) is 0 Å². The van der Waals surface area contributed by atoms with Crippen LogP contribution in [0.25, 0.3) is 0 Å². The molecule has 0 aromatic heterocycles. The van der Waals surface area contributed by atoms with Gasteiger partial charge in [-0.05, 0) is 6.42 Å². The molecule has 4 aliphatic rings. The number of aliphatic hydroxyl groups excluding tert-OH is 15. The SMILES string of the molecule is CCCCCCCCCCCC(=O)OC[C@@]1(O[C@H]2O[C@H](CO)[C@@H](O)[C@H](O)[C@H]2O)O[C@H](CO)[C@@H](O)[C@@H]1O.OC[C@H]1O[C@@H](O[C@H]2[C@H](O)[C@@H](O)[C@@H](O)O[C@@H]2CO)[C@H](O)[C@@H](O)[C@H]1O. The second kappa shape index (κ2) is 25.1. The average Bonchev–Trinajstić information content (AvgIpc) is 3.47. The van der Waals surface area contributed by atoms with E-state index in [0.29, 0.717) is 6.42 Å². The Morgan fingerprint density at radius 1 is 0.525 bits per heavy atom. The van der Waals surface area contributed by atoms with Crippen molar-refractivity contribution in [2.45, 2.75) is 187 Å². The summed E-state index contributed by atoms with van der Waals surface area (Å²) in [5.41, 5.74) is 0. The quantitative estimate of drug-likeness (QED) is 0.0400. The van der Waals surface area contributed by atoms with E-state index in [2.05, 4.69) is 6.92 Å². The van der Waals surface area contributed by atoms with Crippen molar-refractivity contribution in [1.82, 2.24) is 0 Å². The van der Waals surface area contributed by atoms with Crippen molar-refractivity contribution in [1.29, 1.82) is 0 Å². The smallest absolute Gasteiger partial charge is 0.305 e. The summed E-state index contributed by atoms with van der Waals surface area (Å²) in [5, 5.41) is 147. The van der Waals surface area contributed by atoms with Gasteiger partial charge in [0, 0.05) is 6.42 Å². The van der Waals surface area contributed by atoms with Crippen molar-refractivity contribution in [3.63, 3.8) is 0 Å². The normalized spacial score (nSPS) is 42.6. The molecule has 4 heterocycles. The molecule has 0 saturated carbocycles. The van der Waals surface area contributed by atoms with Crippen molar-refractivity contribution in [3.8, 4) is 0 Å². The number of aliphatic hydroxyl groups is 15. The third kappa shape index (κ3) is 13.6.